The van der Waals surface area contributed by atoms with Crippen molar-refractivity contribution in [2.45, 2.75) is 11.8 Å². The number of carbonyl (C=O) groups excluding carboxylic acids is 1. The number of carbonyl (C=O) groups is 1. The van der Waals surface area contributed by atoms with E-state index in [0.717, 1.165) is 15.8 Å². The first-order valence-corrected chi connectivity index (χ1v) is 9.40. The second kappa shape index (κ2) is 6.10. The van der Waals surface area contributed by atoms with Gasteiger partial charge in [-0.15, -0.1) is 11.3 Å². The molecule has 5 nitrogen and oxygen atoms in total. The van der Waals surface area contributed by atoms with Gasteiger partial charge in [0.2, 0.25) is 5.91 Å². The van der Waals surface area contributed by atoms with Crippen LogP contribution in [0.25, 0.3) is 10.2 Å². The number of nitrogens with zero attached hydrogens (tertiary/aromatic N) is 1. The highest BCUT2D eigenvalue weighted by molar-refractivity contribution is 7.92. The molecule has 0 radical (unpaired) electrons. The number of fused-ring (bicyclic) bond motifs is 1. The number of rotatable bonds is 4. The second-order valence-electron chi connectivity index (χ2n) is 5.16. The summed E-state index contributed by atoms with van der Waals surface area (Å²) in [6.07, 6.45) is 0. The van der Waals surface area contributed by atoms with Crippen molar-refractivity contribution in [3.8, 4) is 0 Å². The third kappa shape index (κ3) is 3.57. The van der Waals surface area contributed by atoms with Crippen LogP contribution in [0.15, 0.2) is 52.9 Å². The van der Waals surface area contributed by atoms with Crippen LogP contribution >= 0.6 is 11.3 Å². The minimum atomic E-state index is -3.65. The van der Waals surface area contributed by atoms with Crippen LogP contribution in [0.4, 0.5) is 5.69 Å². The van der Waals surface area contributed by atoms with E-state index in [-0.39, 0.29) is 4.90 Å². The van der Waals surface area contributed by atoms with Gasteiger partial charge in [-0.1, -0.05) is 17.7 Å². The average Bonchev–Trinajstić information content (AvgIpc) is 2.94. The van der Waals surface area contributed by atoms with Gasteiger partial charge in [0.05, 0.1) is 20.6 Å². The first kappa shape index (κ1) is 15.6. The maximum Gasteiger partial charge on any atom is 0.239 e. The molecule has 2 aromatic carbocycles. The van der Waals surface area contributed by atoms with Gasteiger partial charge in [0.25, 0.3) is 0 Å². The van der Waals surface area contributed by atoms with Crippen LogP contribution in [-0.2, 0) is 14.6 Å². The van der Waals surface area contributed by atoms with Gasteiger partial charge in [-0.25, -0.2) is 13.4 Å². The summed E-state index contributed by atoms with van der Waals surface area (Å²) in [6.45, 7) is 1.87. The highest BCUT2D eigenvalue weighted by Gasteiger charge is 2.19. The summed E-state index contributed by atoms with van der Waals surface area (Å²) >= 11 is 1.46. The number of sulfone groups is 1. The number of hydrogen-bond acceptors (Lipinski definition) is 5. The van der Waals surface area contributed by atoms with E-state index in [2.05, 4.69) is 10.3 Å². The van der Waals surface area contributed by atoms with Gasteiger partial charge in [-0.2, -0.15) is 0 Å². The number of aryl methyl sites for hydroxylation is 1. The summed E-state index contributed by atoms with van der Waals surface area (Å²) < 4.78 is 25.4. The molecule has 7 heteroatoms. The number of hydrogen-bond donors (Lipinski definition) is 1. The molecule has 0 atom stereocenters. The van der Waals surface area contributed by atoms with Gasteiger partial charge >= 0.3 is 0 Å². The number of aromatic nitrogens is 1. The molecule has 0 fully saturated rings. The van der Waals surface area contributed by atoms with E-state index >= 15 is 0 Å². The summed E-state index contributed by atoms with van der Waals surface area (Å²) in [6, 6.07) is 11.7. The van der Waals surface area contributed by atoms with Gasteiger partial charge in [-0.3, -0.25) is 4.79 Å². The number of nitrogens with one attached hydrogen (secondary N) is 1. The largest absolute Gasteiger partial charge is 0.325 e. The summed E-state index contributed by atoms with van der Waals surface area (Å²) in [4.78, 5) is 16.3. The molecule has 1 heterocycles. The summed E-state index contributed by atoms with van der Waals surface area (Å²) in [5.74, 6) is -1.15. The first-order chi connectivity index (χ1) is 10.9. The van der Waals surface area contributed by atoms with Crippen molar-refractivity contribution < 1.29 is 13.2 Å². The zero-order valence-electron chi connectivity index (χ0n) is 12.3. The van der Waals surface area contributed by atoms with Crippen LogP contribution in [0.2, 0.25) is 0 Å². The van der Waals surface area contributed by atoms with Crippen molar-refractivity contribution in [2.24, 2.45) is 0 Å². The molecule has 0 saturated heterocycles. The number of anilines is 1. The van der Waals surface area contributed by atoms with Crippen LogP contribution in [0.1, 0.15) is 5.56 Å². The van der Waals surface area contributed by atoms with Gasteiger partial charge < -0.3 is 5.32 Å². The molecule has 3 rings (SSSR count). The molecule has 0 saturated carbocycles. The Hall–Kier alpha value is -2.25. The lowest BCUT2D eigenvalue weighted by atomic mass is 10.2. The van der Waals surface area contributed by atoms with E-state index in [4.69, 9.17) is 0 Å². The molecule has 1 aromatic heterocycles. The highest BCUT2D eigenvalue weighted by atomic mass is 32.2. The van der Waals surface area contributed by atoms with Crippen molar-refractivity contribution in [1.29, 1.82) is 0 Å². The molecule has 23 heavy (non-hydrogen) atoms. The second-order valence-corrected chi connectivity index (χ2v) is 8.03. The van der Waals surface area contributed by atoms with Crippen LogP contribution in [0, 0.1) is 6.92 Å². The quantitative estimate of drug-likeness (QED) is 0.788. The summed E-state index contributed by atoms with van der Waals surface area (Å²) in [5, 5.41) is 2.62. The van der Waals surface area contributed by atoms with Crippen LogP contribution in [-0.4, -0.2) is 25.1 Å². The molecular formula is C16H14N2O3S2. The minimum Gasteiger partial charge on any atom is -0.325 e. The zero-order chi connectivity index (χ0) is 16.4. The Labute approximate surface area is 137 Å². The third-order valence-electron chi connectivity index (χ3n) is 3.32. The van der Waals surface area contributed by atoms with Gasteiger partial charge in [0, 0.05) is 5.69 Å². The lowest BCUT2D eigenvalue weighted by Gasteiger charge is -2.07. The van der Waals surface area contributed by atoms with Crippen LogP contribution in [0.5, 0.6) is 0 Å². The standard InChI is InChI=1S/C16H14N2O3S2/c1-11-2-5-13(6-3-11)23(20,21)9-16(19)18-12-4-7-14-15(8-12)22-10-17-14/h2-8,10H,9H2,1H3,(H,18,19). The molecule has 0 bridgehead atoms. The third-order valence-corrected chi connectivity index (χ3v) is 5.74. The molecule has 0 spiro atoms. The molecule has 1 amide bonds. The van der Waals surface area contributed by atoms with Crippen molar-refractivity contribution >= 4 is 43.0 Å². The smallest absolute Gasteiger partial charge is 0.239 e. The Bertz CT molecular complexity index is 960. The van der Waals surface area contributed by atoms with E-state index in [1.165, 1.54) is 23.5 Å². The van der Waals surface area contributed by atoms with E-state index < -0.39 is 21.5 Å². The topological polar surface area (TPSA) is 76.1 Å². The van der Waals surface area contributed by atoms with Crippen molar-refractivity contribution in [3.63, 3.8) is 0 Å². The van der Waals surface area contributed by atoms with E-state index in [1.807, 2.05) is 6.92 Å². The van der Waals surface area contributed by atoms with Gasteiger partial charge in [0.15, 0.2) is 9.84 Å². The molecule has 0 aliphatic heterocycles. The molecule has 0 aliphatic carbocycles. The lowest BCUT2D eigenvalue weighted by Crippen LogP contribution is -2.23. The Morgan fingerprint density at radius 1 is 1.17 bits per heavy atom. The predicted octanol–water partition coefficient (Wildman–Crippen LogP) is 3.02. The number of benzene rings is 2. The predicted molar refractivity (Wildman–Crippen MR) is 91.5 cm³/mol. The fourth-order valence-corrected chi connectivity index (χ4v) is 3.98. The van der Waals surface area contributed by atoms with Crippen LogP contribution < -0.4 is 5.32 Å². The molecule has 0 unspecified atom stereocenters. The molecule has 0 aliphatic rings. The molecule has 118 valence electrons. The normalized spacial score (nSPS) is 11.5. The van der Waals surface area contributed by atoms with Crippen LogP contribution in [0.3, 0.4) is 0 Å². The van der Waals surface area contributed by atoms with Gasteiger partial charge in [-0.05, 0) is 37.3 Å². The fraction of sp³-hybridized carbons (Fsp3) is 0.125. The maximum atomic E-state index is 12.2. The SMILES string of the molecule is Cc1ccc(S(=O)(=O)CC(=O)Nc2ccc3ncsc3c2)cc1. The van der Waals surface area contributed by atoms with Crippen molar-refractivity contribution in [2.75, 3.05) is 11.1 Å². The Morgan fingerprint density at radius 2 is 1.91 bits per heavy atom. The monoisotopic (exact) mass is 346 g/mol. The van der Waals surface area contributed by atoms with Crippen molar-refractivity contribution in [3.05, 3.63) is 53.5 Å². The van der Waals surface area contributed by atoms with E-state index in [1.54, 1.807) is 35.8 Å². The highest BCUT2D eigenvalue weighted by Crippen LogP contribution is 2.22. The van der Waals surface area contributed by atoms with Crippen molar-refractivity contribution in [1.82, 2.24) is 4.98 Å². The number of thiazole rings is 1. The van der Waals surface area contributed by atoms with E-state index in [0.29, 0.717) is 5.69 Å². The minimum absolute atomic E-state index is 0.149. The molecular weight excluding hydrogens is 332 g/mol. The Kier molecular flexibility index (Phi) is 4.14. The maximum absolute atomic E-state index is 12.2. The number of amides is 1. The van der Waals surface area contributed by atoms with E-state index in [9.17, 15) is 13.2 Å². The molecule has 1 N–H and O–H groups in total. The Balaban J connectivity index is 1.74. The Morgan fingerprint density at radius 3 is 2.65 bits per heavy atom. The summed E-state index contributed by atoms with van der Waals surface area (Å²) in [7, 11) is -3.65. The first-order valence-electron chi connectivity index (χ1n) is 6.86. The lowest BCUT2D eigenvalue weighted by molar-refractivity contribution is -0.113. The van der Waals surface area contributed by atoms with Gasteiger partial charge in [0.1, 0.15) is 5.75 Å². The zero-order valence-corrected chi connectivity index (χ0v) is 13.9. The summed E-state index contributed by atoms with van der Waals surface area (Å²) in [5.41, 5.74) is 4.09. The molecule has 3 aromatic rings. The average molecular weight is 346 g/mol. The fourth-order valence-electron chi connectivity index (χ4n) is 2.13.